The molecule has 1 amide bonds. The Balaban J connectivity index is 0.000000152. The van der Waals surface area contributed by atoms with Crippen molar-refractivity contribution in [3.8, 4) is 0 Å². The van der Waals surface area contributed by atoms with Gasteiger partial charge in [-0.3, -0.25) is 4.79 Å². The number of aryl methyl sites for hydroxylation is 2. The molecule has 0 unspecified atom stereocenters. The Bertz CT molecular complexity index is 904. The molecule has 136 valence electrons. The zero-order valence-electron chi connectivity index (χ0n) is 15.4. The lowest BCUT2D eigenvalue weighted by Crippen LogP contribution is -2.27. The number of amides is 1. The van der Waals surface area contributed by atoms with Gasteiger partial charge in [0, 0.05) is 24.5 Å². The van der Waals surface area contributed by atoms with Crippen molar-refractivity contribution in [2.45, 2.75) is 32.7 Å². The van der Waals surface area contributed by atoms with E-state index in [0.29, 0.717) is 5.91 Å². The van der Waals surface area contributed by atoms with Crippen molar-refractivity contribution in [3.05, 3.63) is 64.4 Å². The third kappa shape index (κ3) is 3.98. The first kappa shape index (κ1) is 18.6. The highest BCUT2D eigenvalue weighted by molar-refractivity contribution is 9.10. The number of carbonyl (C=O) groups is 1. The van der Waals surface area contributed by atoms with Crippen LogP contribution in [0.5, 0.6) is 0 Å². The molecule has 0 spiro atoms. The molecule has 3 aromatic rings. The summed E-state index contributed by atoms with van der Waals surface area (Å²) in [7, 11) is 2.03. The third-order valence-electron chi connectivity index (χ3n) is 4.93. The van der Waals surface area contributed by atoms with E-state index >= 15 is 0 Å². The molecular weight excluding hydrogens is 390 g/mol. The van der Waals surface area contributed by atoms with Crippen molar-refractivity contribution in [1.29, 1.82) is 0 Å². The molecule has 0 bridgehead atoms. The molecule has 0 radical (unpaired) electrons. The summed E-state index contributed by atoms with van der Waals surface area (Å²) in [5.41, 5.74) is 3.45. The van der Waals surface area contributed by atoms with Crippen LogP contribution < -0.4 is 0 Å². The van der Waals surface area contributed by atoms with Gasteiger partial charge in [-0.1, -0.05) is 46.3 Å². The van der Waals surface area contributed by atoms with Gasteiger partial charge < -0.3 is 9.47 Å². The van der Waals surface area contributed by atoms with Crippen LogP contribution in [0.15, 0.2) is 53.0 Å². The van der Waals surface area contributed by atoms with Crippen LogP contribution in [0.25, 0.3) is 11.0 Å². The van der Waals surface area contributed by atoms with Crippen LogP contribution in [-0.2, 0) is 11.8 Å². The number of carbonyl (C=O) groups excluding carboxylic acids is 1. The zero-order valence-corrected chi connectivity index (χ0v) is 17.0. The van der Waals surface area contributed by atoms with Gasteiger partial charge in [0.25, 0.3) is 0 Å². The quantitative estimate of drug-likeness (QED) is 0.591. The predicted molar refractivity (Wildman–Crippen MR) is 109 cm³/mol. The fourth-order valence-corrected chi connectivity index (χ4v) is 3.63. The Morgan fingerprint density at radius 1 is 1.15 bits per heavy atom. The number of benzene rings is 2. The predicted octanol–water partition coefficient (Wildman–Crippen LogP) is 5.01. The summed E-state index contributed by atoms with van der Waals surface area (Å²) in [6.45, 7) is 5.02. The number of rotatable bonds is 2. The number of hydrogen-bond acceptors (Lipinski definition) is 2. The molecule has 1 aromatic heterocycles. The van der Waals surface area contributed by atoms with Crippen molar-refractivity contribution in [2.24, 2.45) is 7.05 Å². The van der Waals surface area contributed by atoms with E-state index in [1.54, 1.807) is 0 Å². The molecule has 1 atom stereocenters. The summed E-state index contributed by atoms with van der Waals surface area (Å²) in [5.74, 6) is 1.34. The topological polar surface area (TPSA) is 38.1 Å². The average Bonchev–Trinajstić information content (AvgIpc) is 3.19. The third-order valence-corrected chi connectivity index (χ3v) is 5.42. The van der Waals surface area contributed by atoms with Crippen molar-refractivity contribution in [3.63, 3.8) is 0 Å². The Morgan fingerprint density at radius 3 is 2.54 bits per heavy atom. The molecule has 4 rings (SSSR count). The van der Waals surface area contributed by atoms with E-state index in [2.05, 4.69) is 50.6 Å². The average molecular weight is 414 g/mol. The Morgan fingerprint density at radius 2 is 1.88 bits per heavy atom. The summed E-state index contributed by atoms with van der Waals surface area (Å²) < 4.78 is 3.16. The van der Waals surface area contributed by atoms with Gasteiger partial charge >= 0.3 is 0 Å². The monoisotopic (exact) mass is 413 g/mol. The van der Waals surface area contributed by atoms with Crippen molar-refractivity contribution >= 4 is 32.9 Å². The summed E-state index contributed by atoms with van der Waals surface area (Å²) in [5, 5.41) is 0. The molecule has 5 heteroatoms. The number of nitrogens with zero attached hydrogens (tertiary/aromatic N) is 3. The lowest BCUT2D eigenvalue weighted by Gasteiger charge is -2.24. The molecule has 26 heavy (non-hydrogen) atoms. The zero-order chi connectivity index (χ0) is 18.7. The summed E-state index contributed by atoms with van der Waals surface area (Å²) >= 11 is 3.42. The lowest BCUT2D eigenvalue weighted by molar-refractivity contribution is -0.129. The van der Waals surface area contributed by atoms with Gasteiger partial charge in [-0.25, -0.2) is 4.98 Å². The second kappa shape index (κ2) is 8.04. The summed E-state index contributed by atoms with van der Waals surface area (Å²) in [6, 6.07) is 16.6. The van der Waals surface area contributed by atoms with Gasteiger partial charge in [0.05, 0.1) is 17.1 Å². The number of aromatic nitrogens is 2. The maximum atomic E-state index is 11.5. The number of fused-ring (bicyclic) bond motifs is 1. The molecule has 0 N–H and O–H groups in total. The van der Waals surface area contributed by atoms with Gasteiger partial charge in [-0.05, 0) is 44.0 Å². The Hall–Kier alpha value is -2.14. The number of halogens is 1. The second-order valence-electron chi connectivity index (χ2n) is 6.63. The van der Waals surface area contributed by atoms with Gasteiger partial charge in [0.1, 0.15) is 5.82 Å². The molecule has 0 saturated carbocycles. The highest BCUT2D eigenvalue weighted by Gasteiger charge is 2.25. The van der Waals surface area contributed by atoms with Gasteiger partial charge in [0.15, 0.2) is 0 Å². The SMILES string of the molecule is C[C@H](c1ccccc1)N1CCCC1=O.Cc1nc2cc(Br)ccc2n1C. The van der Waals surface area contributed by atoms with E-state index in [1.165, 1.54) is 11.1 Å². The Labute approximate surface area is 163 Å². The van der Waals surface area contributed by atoms with Crippen LogP contribution >= 0.6 is 15.9 Å². The lowest BCUT2D eigenvalue weighted by atomic mass is 10.1. The molecule has 0 aliphatic carbocycles. The van der Waals surface area contributed by atoms with Crippen LogP contribution in [0, 0.1) is 6.92 Å². The van der Waals surface area contributed by atoms with Crippen LogP contribution in [0.3, 0.4) is 0 Å². The van der Waals surface area contributed by atoms with Gasteiger partial charge in [-0.2, -0.15) is 0 Å². The van der Waals surface area contributed by atoms with Crippen LogP contribution in [-0.4, -0.2) is 26.9 Å². The molecule has 1 aliphatic heterocycles. The van der Waals surface area contributed by atoms with Crippen LogP contribution in [0.1, 0.15) is 37.2 Å². The fourth-order valence-electron chi connectivity index (χ4n) is 3.28. The maximum Gasteiger partial charge on any atom is 0.223 e. The maximum absolute atomic E-state index is 11.5. The van der Waals surface area contributed by atoms with E-state index in [0.717, 1.165) is 35.2 Å². The largest absolute Gasteiger partial charge is 0.336 e. The minimum absolute atomic E-state index is 0.228. The van der Waals surface area contributed by atoms with Gasteiger partial charge in [-0.15, -0.1) is 0 Å². The van der Waals surface area contributed by atoms with E-state index in [-0.39, 0.29) is 6.04 Å². The summed E-state index contributed by atoms with van der Waals surface area (Å²) in [6.07, 6.45) is 1.73. The molecule has 1 aliphatic rings. The molecule has 4 nitrogen and oxygen atoms in total. The minimum atomic E-state index is 0.228. The fraction of sp³-hybridized carbons (Fsp3) is 0.333. The number of likely N-dealkylation sites (tertiary alicyclic amines) is 1. The second-order valence-corrected chi connectivity index (χ2v) is 7.54. The first-order valence-corrected chi connectivity index (χ1v) is 9.69. The van der Waals surface area contributed by atoms with Crippen LogP contribution in [0.2, 0.25) is 0 Å². The van der Waals surface area contributed by atoms with Crippen molar-refractivity contribution < 1.29 is 4.79 Å². The van der Waals surface area contributed by atoms with Crippen molar-refractivity contribution in [2.75, 3.05) is 6.54 Å². The van der Waals surface area contributed by atoms with Crippen molar-refractivity contribution in [1.82, 2.24) is 14.5 Å². The summed E-state index contributed by atoms with van der Waals surface area (Å²) in [4.78, 5) is 17.9. The smallest absolute Gasteiger partial charge is 0.223 e. The number of imidazole rings is 1. The van der Waals surface area contributed by atoms with Gasteiger partial charge in [0.2, 0.25) is 5.91 Å². The normalized spacial score (nSPS) is 15.1. The molecule has 2 aromatic carbocycles. The minimum Gasteiger partial charge on any atom is -0.336 e. The standard InChI is InChI=1S/C12H15NO.C9H9BrN2/c1-10(11-6-3-2-4-7-11)13-9-5-8-12(13)14;1-6-11-8-5-7(10)3-4-9(8)12(6)2/h2-4,6-7,10H,5,8-9H2,1H3;3-5H,1-2H3/t10-;/m1./s1. The van der Waals surface area contributed by atoms with E-state index in [9.17, 15) is 4.79 Å². The molecule has 1 fully saturated rings. The molecule has 2 heterocycles. The molecular formula is C21H24BrN3O. The highest BCUT2D eigenvalue weighted by atomic mass is 79.9. The first-order valence-electron chi connectivity index (χ1n) is 8.90. The first-order chi connectivity index (χ1) is 12.5. The van der Waals surface area contributed by atoms with Crippen LogP contribution in [0.4, 0.5) is 0 Å². The Kier molecular flexibility index (Phi) is 5.77. The van der Waals surface area contributed by atoms with E-state index in [4.69, 9.17) is 0 Å². The molecule has 1 saturated heterocycles. The van der Waals surface area contributed by atoms with E-state index in [1.807, 2.05) is 49.2 Å². The highest BCUT2D eigenvalue weighted by Crippen LogP contribution is 2.24. The van der Waals surface area contributed by atoms with E-state index < -0.39 is 0 Å². The number of hydrogen-bond donors (Lipinski definition) is 0.